The van der Waals surface area contributed by atoms with Gasteiger partial charge in [0.2, 0.25) is 6.29 Å². The van der Waals surface area contributed by atoms with Crippen LogP contribution in [0.1, 0.15) is 82.8 Å². The first-order chi connectivity index (χ1) is 48.3. The van der Waals surface area contributed by atoms with E-state index in [0.717, 1.165) is 24.4 Å². The van der Waals surface area contributed by atoms with E-state index in [9.17, 15) is 86.2 Å². The number of carbonyl (C=O) groups is 3. The maximum Gasteiger partial charge on any atom is 0.433 e. The highest BCUT2D eigenvalue weighted by Crippen LogP contribution is 2.73. The fourth-order valence-corrected chi connectivity index (χ4v) is 16.8. The molecule has 8 fully saturated rings. The smallest absolute Gasteiger partial charge is 0.433 e. The number of hydrogen-bond acceptors (Lipinski definition) is 30. The van der Waals surface area contributed by atoms with Gasteiger partial charge in [-0.1, -0.05) is 80.6 Å². The molecule has 4 saturated heterocycles. The average Bonchev–Trinajstić information content (AvgIpc) is 1.64. The number of aliphatic hydroxyl groups is 15. The van der Waals surface area contributed by atoms with Crippen molar-refractivity contribution >= 4 is 30.6 Å². The molecule has 29 atom stereocenters. The van der Waals surface area contributed by atoms with Crippen molar-refractivity contribution in [1.82, 2.24) is 0 Å². The Hall–Kier alpha value is -5.03. The number of rotatable bonds is 27. The summed E-state index contributed by atoms with van der Waals surface area (Å²) < 4.78 is 72.0. The number of esters is 1. The Morgan fingerprint density at radius 1 is 0.594 bits per heavy atom. The molecule has 2 bridgehead atoms. The highest BCUT2D eigenvalue weighted by atomic mass is 16.8. The maximum atomic E-state index is 15.0. The number of ether oxygens (including phenoxy) is 12. The molecule has 8 aliphatic rings. The predicted octanol–water partition coefficient (Wildman–Crippen LogP) is -1.88. The molecule has 0 radical (unpaired) electrons. The summed E-state index contributed by atoms with van der Waals surface area (Å²) in [6.07, 6.45) is -32.4. The third-order valence-corrected chi connectivity index (χ3v) is 22.2. The first-order valence-corrected chi connectivity index (χ1v) is 34.3. The summed E-state index contributed by atoms with van der Waals surface area (Å²) in [4.78, 5) is 48.1. The van der Waals surface area contributed by atoms with Gasteiger partial charge in [-0.25, -0.2) is 9.59 Å². The minimum Gasteiger partial charge on any atom is -0.443 e. The summed E-state index contributed by atoms with van der Waals surface area (Å²) in [5, 5.41) is 162. The minimum atomic E-state index is -1.95. The van der Waals surface area contributed by atoms with Crippen molar-refractivity contribution in [3.63, 3.8) is 0 Å². The van der Waals surface area contributed by atoms with Crippen LogP contribution in [-0.4, -0.2) is 300 Å². The summed E-state index contributed by atoms with van der Waals surface area (Å²) in [6, 6.07) is 17.4. The van der Waals surface area contributed by atoms with E-state index < -0.39 is 227 Å². The summed E-state index contributed by atoms with van der Waals surface area (Å²) in [7, 11) is 0. The number of nitrogens with zero attached hydrogens (tertiary/aromatic N) is 2. The molecule has 0 aromatic heterocycles. The Morgan fingerprint density at radius 2 is 1.12 bits per heavy atom. The van der Waals surface area contributed by atoms with Crippen LogP contribution in [0, 0.1) is 34.0 Å². The Labute approximate surface area is 582 Å². The second kappa shape index (κ2) is 34.0. The van der Waals surface area contributed by atoms with Gasteiger partial charge in [-0.3, -0.25) is 4.79 Å². The SMILES string of the molecule is C=C1C[C@@]23CCC4[C@](C)(C(=O)O[C@@H]5OC(CO)[C@@H](O)[C@@H](O)C5O[C@@H]5OC(CO)[C@@H](O)[C@@H](O)C5O)CCC[C@@]4(C)[C@@H]2CC[C@]1(OC[C@@H]1OC(CO)[C@@H](O)[C@@H](COC[C@@H](/C=N/C(=O)OCc2ccccc2)OC(CO)[C@@H](O)/C=N\C(=O)OCc2ccccc2)C1O[C@@H]1OC(CO)[C@@H](O)[C@@H](O)C1O)C3. The molecule has 2 amide bonds. The highest BCUT2D eigenvalue weighted by molar-refractivity contribution is 5.82. The number of amides is 2. The second-order valence-electron chi connectivity index (χ2n) is 28.4. The average molecular weight is 1440 g/mol. The molecular formula is C69H98N2O30. The van der Waals surface area contributed by atoms with Gasteiger partial charge in [-0.15, -0.1) is 0 Å². The second-order valence-corrected chi connectivity index (χ2v) is 28.4. The monoisotopic (exact) mass is 1430 g/mol. The Kier molecular flexibility index (Phi) is 26.5. The van der Waals surface area contributed by atoms with Crippen molar-refractivity contribution in [3.8, 4) is 0 Å². The van der Waals surface area contributed by atoms with Crippen LogP contribution in [0.2, 0.25) is 0 Å². The van der Waals surface area contributed by atoms with E-state index in [2.05, 4.69) is 23.5 Å². The normalized spacial score (nSPS) is 41.1. The molecule has 32 nitrogen and oxygen atoms in total. The van der Waals surface area contributed by atoms with Crippen LogP contribution in [0.4, 0.5) is 9.59 Å². The lowest BCUT2D eigenvalue weighted by atomic mass is 9.41. The van der Waals surface area contributed by atoms with Crippen molar-refractivity contribution in [1.29, 1.82) is 0 Å². The van der Waals surface area contributed by atoms with Crippen LogP contribution in [0.25, 0.3) is 0 Å². The van der Waals surface area contributed by atoms with Crippen LogP contribution in [0.15, 0.2) is 82.8 Å². The molecule has 10 unspecified atom stereocenters. The van der Waals surface area contributed by atoms with Gasteiger partial charge in [-0.2, -0.15) is 9.98 Å². The summed E-state index contributed by atoms with van der Waals surface area (Å²) in [5.74, 6) is -2.31. The third-order valence-electron chi connectivity index (χ3n) is 22.2. The number of aliphatic hydroxyl groups excluding tert-OH is 15. The Morgan fingerprint density at radius 3 is 1.68 bits per heavy atom. The standard InChI is InChI=1S/C69H98N2O30/c1-35-21-68-19-15-47-66(2,17-10-18-67(47,3)63(87)101-62-59(55(84)52(81)45(28-76)98-62)100-61-57(86)54(83)51(80)44(27-75)97-61)48(68)16-20-69(35,34-68)93-33-46-58(99-60-56(85)53(82)50(79)43(26-74)96-60)39(49(78)42(25-73)95-46)32-90-31-38(22-70-64(88)91-29-36-11-6-4-7-12-36)94-41(24-72)40(77)23-71-65(89)92-30-37-13-8-5-9-14-37/h4-9,11-14,22-23,38-62,72-86H,1,10,15-21,24-34H2,2-3H3/b70-22+,71-23-/t38-,39-,40+,41?,42?,43?,44?,45?,46+,47?,48+,49+,50-,51-,52-,53-,54-,55-,56?,57?,58?,59?,60+,61+,62+,66-,67-,68-,69+/m1/s1. The van der Waals surface area contributed by atoms with Crippen LogP contribution >= 0.6 is 0 Å². The van der Waals surface area contributed by atoms with Crippen molar-refractivity contribution in [2.45, 2.75) is 225 Å². The molecule has 15 N–H and O–H groups in total. The lowest BCUT2D eigenvalue weighted by Crippen LogP contribution is -2.65. The zero-order valence-corrected chi connectivity index (χ0v) is 56.2. The van der Waals surface area contributed by atoms with Crippen LogP contribution in [-0.2, 0) is 74.9 Å². The van der Waals surface area contributed by atoms with E-state index >= 15 is 4.79 Å². The van der Waals surface area contributed by atoms with Gasteiger partial charge < -0.3 is 133 Å². The fourth-order valence-electron chi connectivity index (χ4n) is 16.8. The van der Waals surface area contributed by atoms with E-state index in [1.807, 2.05) is 6.92 Å². The number of benzene rings is 2. The van der Waals surface area contributed by atoms with Crippen LogP contribution in [0.5, 0.6) is 0 Å². The van der Waals surface area contributed by atoms with Gasteiger partial charge in [0, 0.05) is 18.3 Å². The van der Waals surface area contributed by atoms with Gasteiger partial charge in [-0.05, 0) is 97.7 Å². The molecule has 4 saturated carbocycles. The molecular weight excluding hydrogens is 1340 g/mol. The lowest BCUT2D eigenvalue weighted by Gasteiger charge is -2.64. The first kappa shape index (κ1) is 78.6. The molecule has 4 aliphatic carbocycles. The van der Waals surface area contributed by atoms with Crippen molar-refractivity contribution in [3.05, 3.63) is 83.9 Å². The number of hydrogen-bond donors (Lipinski definition) is 15. The number of fused-ring (bicyclic) bond motifs is 3. The molecule has 2 aromatic rings. The van der Waals surface area contributed by atoms with Gasteiger partial charge in [0.1, 0.15) is 111 Å². The summed E-state index contributed by atoms with van der Waals surface area (Å²) in [6.45, 7) is 2.85. The quantitative estimate of drug-likeness (QED) is 0.0201. The summed E-state index contributed by atoms with van der Waals surface area (Å²) >= 11 is 0. The third kappa shape index (κ3) is 17.0. The Balaban J connectivity index is 0.856. The van der Waals surface area contributed by atoms with E-state index in [1.54, 1.807) is 60.7 Å². The van der Waals surface area contributed by atoms with Gasteiger partial charge >= 0.3 is 18.2 Å². The lowest BCUT2D eigenvalue weighted by molar-refractivity contribution is -0.363. The molecule has 4 aliphatic heterocycles. The zero-order valence-electron chi connectivity index (χ0n) is 56.2. The molecule has 101 heavy (non-hydrogen) atoms. The van der Waals surface area contributed by atoms with Gasteiger partial charge in [0.15, 0.2) is 18.7 Å². The Bertz CT molecular complexity index is 3100. The topological polar surface area (TPSA) is 490 Å². The van der Waals surface area contributed by atoms with Crippen molar-refractivity contribution in [2.75, 3.05) is 52.9 Å². The van der Waals surface area contributed by atoms with Gasteiger partial charge in [0.25, 0.3) is 0 Å². The fraction of sp³-hybridized carbons (Fsp3) is 0.725. The van der Waals surface area contributed by atoms with E-state index in [0.29, 0.717) is 62.5 Å². The molecule has 32 heteroatoms. The largest absolute Gasteiger partial charge is 0.443 e. The van der Waals surface area contributed by atoms with E-state index in [1.165, 1.54) is 0 Å². The first-order valence-electron chi connectivity index (χ1n) is 34.3. The van der Waals surface area contributed by atoms with E-state index in [4.69, 9.17) is 56.8 Å². The molecule has 1 spiro atoms. The van der Waals surface area contributed by atoms with Crippen LogP contribution in [0.3, 0.4) is 0 Å². The molecule has 2 aromatic carbocycles. The minimum absolute atomic E-state index is 0.0134. The molecule has 564 valence electrons. The predicted molar refractivity (Wildman–Crippen MR) is 344 cm³/mol. The van der Waals surface area contributed by atoms with Crippen molar-refractivity contribution in [2.24, 2.45) is 44.0 Å². The van der Waals surface area contributed by atoms with E-state index in [-0.39, 0.29) is 31.7 Å². The summed E-state index contributed by atoms with van der Waals surface area (Å²) in [5.41, 5.74) is -1.02. The number of aliphatic imine (C=N–C) groups is 2. The molecule has 4 heterocycles. The maximum absolute atomic E-state index is 15.0. The van der Waals surface area contributed by atoms with Gasteiger partial charge in [0.05, 0.1) is 76.1 Å². The number of carbonyl (C=O) groups excluding carboxylic acids is 3. The molecule has 10 rings (SSSR count). The van der Waals surface area contributed by atoms with Crippen molar-refractivity contribution < 1.29 is 148 Å². The highest BCUT2D eigenvalue weighted by Gasteiger charge is 2.69. The van der Waals surface area contributed by atoms with Crippen LogP contribution < -0.4 is 0 Å². The zero-order chi connectivity index (χ0) is 72.7.